The van der Waals surface area contributed by atoms with E-state index in [0.29, 0.717) is 17.1 Å². The summed E-state index contributed by atoms with van der Waals surface area (Å²) in [5.41, 5.74) is 5.53. The number of hydrogen-bond acceptors (Lipinski definition) is 5. The lowest BCUT2D eigenvalue weighted by atomic mass is 10.1. The predicted molar refractivity (Wildman–Crippen MR) is 93.2 cm³/mol. The first-order chi connectivity index (χ1) is 12.0. The molecule has 7 nitrogen and oxygen atoms in total. The van der Waals surface area contributed by atoms with E-state index in [2.05, 4.69) is 5.32 Å². The number of nitrogens with one attached hydrogen (secondary N) is 1. The third kappa shape index (κ3) is 5.27. The molecule has 0 atom stereocenters. The molecule has 138 valence electrons. The van der Waals surface area contributed by atoms with E-state index in [9.17, 15) is 9.59 Å². The van der Waals surface area contributed by atoms with Crippen LogP contribution in [0.5, 0.6) is 17.2 Å². The van der Waals surface area contributed by atoms with E-state index in [0.717, 1.165) is 25.7 Å². The largest absolute Gasteiger partial charge is 0.493 e. The van der Waals surface area contributed by atoms with Crippen molar-refractivity contribution in [2.45, 2.75) is 44.6 Å². The van der Waals surface area contributed by atoms with Crippen molar-refractivity contribution in [2.24, 2.45) is 5.73 Å². The number of methoxy groups -OCH3 is 2. The predicted octanol–water partition coefficient (Wildman–Crippen LogP) is 2.02. The number of ether oxygens (including phenoxy) is 3. The van der Waals surface area contributed by atoms with Gasteiger partial charge in [0.05, 0.1) is 14.2 Å². The lowest BCUT2D eigenvalue weighted by Gasteiger charge is -2.18. The number of rotatable bonds is 7. The lowest BCUT2D eigenvalue weighted by molar-refractivity contribution is -0.120. The van der Waals surface area contributed by atoms with Gasteiger partial charge in [-0.3, -0.25) is 9.59 Å². The third-order valence-corrected chi connectivity index (χ3v) is 4.27. The zero-order valence-corrected chi connectivity index (χ0v) is 14.8. The van der Waals surface area contributed by atoms with E-state index in [1.165, 1.54) is 27.1 Å². The Morgan fingerprint density at radius 2 is 1.64 bits per heavy atom. The van der Waals surface area contributed by atoms with Gasteiger partial charge < -0.3 is 25.3 Å². The zero-order valence-electron chi connectivity index (χ0n) is 14.8. The Hall–Kier alpha value is -2.44. The summed E-state index contributed by atoms with van der Waals surface area (Å²) in [6, 6.07) is 3.34. The number of primary amides is 1. The van der Waals surface area contributed by atoms with Gasteiger partial charge >= 0.3 is 0 Å². The van der Waals surface area contributed by atoms with Gasteiger partial charge in [-0.25, -0.2) is 0 Å². The fraction of sp³-hybridized carbons (Fsp3) is 0.556. The van der Waals surface area contributed by atoms with E-state index in [4.69, 9.17) is 19.9 Å². The molecule has 0 saturated heterocycles. The summed E-state index contributed by atoms with van der Waals surface area (Å²) >= 11 is 0. The van der Waals surface area contributed by atoms with Crippen molar-refractivity contribution >= 4 is 11.8 Å². The maximum absolute atomic E-state index is 12.6. The molecule has 7 heteroatoms. The van der Waals surface area contributed by atoms with Gasteiger partial charge in [-0.2, -0.15) is 0 Å². The molecule has 0 spiro atoms. The van der Waals surface area contributed by atoms with Crippen LogP contribution in [0.4, 0.5) is 0 Å². The Morgan fingerprint density at radius 1 is 1.08 bits per heavy atom. The van der Waals surface area contributed by atoms with Crippen molar-refractivity contribution in [1.82, 2.24) is 5.32 Å². The van der Waals surface area contributed by atoms with E-state index in [1.807, 2.05) is 0 Å². The Bertz CT molecular complexity index is 584. The summed E-state index contributed by atoms with van der Waals surface area (Å²) in [5.74, 6) is 0.0808. The van der Waals surface area contributed by atoms with Gasteiger partial charge in [0.15, 0.2) is 18.1 Å². The van der Waals surface area contributed by atoms with Crippen LogP contribution in [-0.4, -0.2) is 38.7 Å². The van der Waals surface area contributed by atoms with Gasteiger partial charge in [-0.05, 0) is 25.0 Å². The molecule has 2 rings (SSSR count). The first-order valence-electron chi connectivity index (χ1n) is 8.53. The van der Waals surface area contributed by atoms with E-state index in [-0.39, 0.29) is 24.3 Å². The highest BCUT2D eigenvalue weighted by molar-refractivity contribution is 5.95. The van der Waals surface area contributed by atoms with Crippen molar-refractivity contribution in [3.8, 4) is 17.2 Å². The number of carbonyl (C=O) groups is 2. The number of carbonyl (C=O) groups excluding carboxylic acids is 2. The fourth-order valence-electron chi connectivity index (χ4n) is 2.99. The molecule has 3 N–H and O–H groups in total. The van der Waals surface area contributed by atoms with Crippen LogP contribution in [0.15, 0.2) is 12.1 Å². The summed E-state index contributed by atoms with van der Waals surface area (Å²) in [6.07, 6.45) is 6.72. The van der Waals surface area contributed by atoms with Crippen LogP contribution in [0.2, 0.25) is 0 Å². The van der Waals surface area contributed by atoms with Crippen LogP contribution in [0.1, 0.15) is 48.9 Å². The standard InChI is InChI=1S/C18H26N2O5/c1-23-14-9-12(10-15(24-2)17(14)25-11-16(19)21)18(22)20-13-7-5-3-4-6-8-13/h9-10,13H,3-8,11H2,1-2H3,(H2,19,21)(H,20,22). The van der Waals surface area contributed by atoms with Crippen LogP contribution in [-0.2, 0) is 4.79 Å². The third-order valence-electron chi connectivity index (χ3n) is 4.27. The summed E-state index contributed by atoms with van der Waals surface area (Å²) < 4.78 is 15.9. The molecule has 1 aromatic carbocycles. The number of amides is 2. The van der Waals surface area contributed by atoms with Crippen LogP contribution in [0, 0.1) is 0 Å². The quantitative estimate of drug-likeness (QED) is 0.733. The Balaban J connectivity index is 2.19. The van der Waals surface area contributed by atoms with Crippen molar-refractivity contribution in [3.63, 3.8) is 0 Å². The van der Waals surface area contributed by atoms with Crippen LogP contribution in [0.25, 0.3) is 0 Å². The van der Waals surface area contributed by atoms with Crippen LogP contribution < -0.4 is 25.3 Å². The van der Waals surface area contributed by atoms with E-state index in [1.54, 1.807) is 12.1 Å². The van der Waals surface area contributed by atoms with Crippen molar-refractivity contribution in [3.05, 3.63) is 17.7 Å². The minimum Gasteiger partial charge on any atom is -0.493 e. The van der Waals surface area contributed by atoms with Crippen LogP contribution in [0.3, 0.4) is 0 Å². The lowest BCUT2D eigenvalue weighted by Crippen LogP contribution is -2.34. The van der Waals surface area contributed by atoms with Gasteiger partial charge in [0.2, 0.25) is 5.75 Å². The van der Waals surface area contributed by atoms with Gasteiger partial charge in [0, 0.05) is 11.6 Å². The van der Waals surface area contributed by atoms with Gasteiger partial charge in [-0.15, -0.1) is 0 Å². The molecule has 1 aliphatic carbocycles. The topological polar surface area (TPSA) is 99.9 Å². The van der Waals surface area contributed by atoms with Crippen LogP contribution >= 0.6 is 0 Å². The highest BCUT2D eigenvalue weighted by Crippen LogP contribution is 2.38. The molecule has 1 aromatic rings. The van der Waals surface area contributed by atoms with Crippen molar-refractivity contribution in [2.75, 3.05) is 20.8 Å². The second-order valence-corrected chi connectivity index (χ2v) is 6.13. The average molecular weight is 350 g/mol. The molecule has 0 aromatic heterocycles. The SMILES string of the molecule is COc1cc(C(=O)NC2CCCCCC2)cc(OC)c1OCC(N)=O. The van der Waals surface area contributed by atoms with Gasteiger partial charge in [-0.1, -0.05) is 25.7 Å². The van der Waals surface area contributed by atoms with Crippen molar-refractivity contribution < 1.29 is 23.8 Å². The van der Waals surface area contributed by atoms with Gasteiger partial charge in [0.1, 0.15) is 0 Å². The normalized spacial score (nSPS) is 15.1. The molecule has 1 fully saturated rings. The Morgan fingerprint density at radius 3 is 2.12 bits per heavy atom. The first-order valence-corrected chi connectivity index (χ1v) is 8.53. The second-order valence-electron chi connectivity index (χ2n) is 6.13. The fourth-order valence-corrected chi connectivity index (χ4v) is 2.99. The molecule has 1 aliphatic rings. The van der Waals surface area contributed by atoms with Gasteiger partial charge in [0.25, 0.3) is 11.8 Å². The average Bonchev–Trinajstić information content (AvgIpc) is 2.87. The molecule has 1 saturated carbocycles. The summed E-state index contributed by atoms with van der Waals surface area (Å²) in [6.45, 7) is -0.305. The molecule has 2 amide bonds. The smallest absolute Gasteiger partial charge is 0.255 e. The maximum atomic E-state index is 12.6. The zero-order chi connectivity index (χ0) is 18.2. The molecule has 0 unspecified atom stereocenters. The van der Waals surface area contributed by atoms with E-state index >= 15 is 0 Å². The highest BCUT2D eigenvalue weighted by Gasteiger charge is 2.20. The highest BCUT2D eigenvalue weighted by atomic mass is 16.5. The summed E-state index contributed by atoms with van der Waals surface area (Å²) in [7, 11) is 2.91. The minimum absolute atomic E-state index is 0.176. The molecule has 0 aliphatic heterocycles. The Kier molecular flexibility index (Phi) is 6.91. The number of benzene rings is 1. The second kappa shape index (κ2) is 9.15. The molecule has 0 bridgehead atoms. The minimum atomic E-state index is -0.612. The molecular formula is C18H26N2O5. The molecule has 0 heterocycles. The molecule has 25 heavy (non-hydrogen) atoms. The number of nitrogens with two attached hydrogens (primary N) is 1. The van der Waals surface area contributed by atoms with E-state index < -0.39 is 5.91 Å². The summed E-state index contributed by atoms with van der Waals surface area (Å²) in [5, 5.41) is 3.08. The molecular weight excluding hydrogens is 324 g/mol. The first kappa shape index (κ1) is 18.9. The Labute approximate surface area is 147 Å². The monoisotopic (exact) mass is 350 g/mol. The summed E-state index contributed by atoms with van der Waals surface area (Å²) in [4.78, 5) is 23.5. The molecule has 0 radical (unpaired) electrons. The van der Waals surface area contributed by atoms with Crippen molar-refractivity contribution in [1.29, 1.82) is 0 Å². The maximum Gasteiger partial charge on any atom is 0.255 e. The number of hydrogen-bond donors (Lipinski definition) is 2.